The van der Waals surface area contributed by atoms with E-state index in [4.69, 9.17) is 4.52 Å². The molecule has 128 valence electrons. The third-order valence-electron chi connectivity index (χ3n) is 3.87. The van der Waals surface area contributed by atoms with Crippen molar-refractivity contribution >= 4 is 21.4 Å². The maximum Gasteiger partial charge on any atom is 0.275 e. The molecule has 0 aliphatic rings. The molecule has 3 aromatic heterocycles. The van der Waals surface area contributed by atoms with Crippen LogP contribution in [-0.4, -0.2) is 26.3 Å². The first-order valence-electron chi connectivity index (χ1n) is 8.14. The molecule has 7 nitrogen and oxygen atoms in total. The lowest BCUT2D eigenvalue weighted by Crippen LogP contribution is -2.15. The van der Waals surface area contributed by atoms with E-state index < -0.39 is 0 Å². The first-order chi connectivity index (χ1) is 11.6. The van der Waals surface area contributed by atoms with Crippen LogP contribution in [0.25, 0.3) is 4.96 Å². The number of hydrogen-bond donors (Lipinski definition) is 1. The first kappa shape index (κ1) is 16.6. The van der Waals surface area contributed by atoms with E-state index in [1.807, 2.05) is 13.8 Å². The molecular weight excluding hydrogens is 326 g/mol. The minimum absolute atomic E-state index is 0.122. The molecule has 3 heterocycles. The van der Waals surface area contributed by atoms with Crippen molar-refractivity contribution in [2.45, 2.75) is 46.5 Å². The average molecular weight is 347 g/mol. The van der Waals surface area contributed by atoms with Crippen molar-refractivity contribution < 1.29 is 4.52 Å². The van der Waals surface area contributed by atoms with E-state index in [1.54, 1.807) is 6.07 Å². The van der Waals surface area contributed by atoms with Crippen LogP contribution in [0.4, 0.5) is 5.13 Å². The second-order valence-corrected chi connectivity index (χ2v) is 6.73. The van der Waals surface area contributed by atoms with Gasteiger partial charge in [-0.2, -0.15) is 4.52 Å². The smallest absolute Gasteiger partial charge is 0.275 e. The predicted molar refractivity (Wildman–Crippen MR) is 93.9 cm³/mol. The molecule has 0 aliphatic heterocycles. The molecule has 0 aromatic carbocycles. The second kappa shape index (κ2) is 7.12. The molecule has 3 aromatic rings. The molecule has 0 bridgehead atoms. The Labute approximate surface area is 143 Å². The minimum atomic E-state index is -0.122. The van der Waals surface area contributed by atoms with Crippen LogP contribution in [0.2, 0.25) is 0 Å². The number of aromatic nitrogens is 4. The predicted octanol–water partition coefficient (Wildman–Crippen LogP) is 2.75. The first-order valence-corrected chi connectivity index (χ1v) is 8.95. The summed E-state index contributed by atoms with van der Waals surface area (Å²) in [6.07, 6.45) is 3.61. The van der Waals surface area contributed by atoms with Gasteiger partial charge in [-0.3, -0.25) is 4.79 Å². The number of nitrogens with zero attached hydrogens (tertiary/aromatic N) is 4. The summed E-state index contributed by atoms with van der Waals surface area (Å²) in [5.74, 6) is 0.881. The van der Waals surface area contributed by atoms with Gasteiger partial charge in [-0.05, 0) is 33.1 Å². The van der Waals surface area contributed by atoms with Crippen molar-refractivity contribution in [1.29, 1.82) is 0 Å². The zero-order valence-corrected chi connectivity index (χ0v) is 14.9. The molecule has 0 aliphatic carbocycles. The third-order valence-corrected chi connectivity index (χ3v) is 4.73. The molecule has 0 saturated carbocycles. The van der Waals surface area contributed by atoms with Crippen molar-refractivity contribution in [2.24, 2.45) is 0 Å². The monoisotopic (exact) mass is 347 g/mol. The summed E-state index contributed by atoms with van der Waals surface area (Å²) in [5, 5.41) is 12.2. The third kappa shape index (κ3) is 3.48. The van der Waals surface area contributed by atoms with Crippen LogP contribution >= 0.6 is 11.3 Å². The highest BCUT2D eigenvalue weighted by atomic mass is 32.1. The summed E-state index contributed by atoms with van der Waals surface area (Å²) in [4.78, 5) is 17.2. The van der Waals surface area contributed by atoms with E-state index in [2.05, 4.69) is 27.5 Å². The molecule has 0 radical (unpaired) electrons. The summed E-state index contributed by atoms with van der Waals surface area (Å²) in [7, 11) is 0. The Kier molecular flexibility index (Phi) is 4.94. The largest absolute Gasteiger partial charge is 0.361 e. The lowest BCUT2D eigenvalue weighted by atomic mass is 10.1. The van der Waals surface area contributed by atoms with Gasteiger partial charge in [0, 0.05) is 23.9 Å². The standard InChI is InChI=1S/C16H21N5O2S/c1-4-6-12-9-14(22)21-16(18-12)24-15(19-21)17-8-5-7-13-10(2)20-23-11(13)3/h9H,4-8H2,1-3H3,(H,17,19). The number of hydrogen-bond acceptors (Lipinski definition) is 7. The Morgan fingerprint density at radius 2 is 2.17 bits per heavy atom. The topological polar surface area (TPSA) is 85.3 Å². The summed E-state index contributed by atoms with van der Waals surface area (Å²) in [6.45, 7) is 6.73. The lowest BCUT2D eigenvalue weighted by molar-refractivity contribution is 0.392. The van der Waals surface area contributed by atoms with Crippen molar-refractivity contribution in [3.63, 3.8) is 0 Å². The molecule has 0 amide bonds. The SMILES string of the molecule is CCCc1cc(=O)n2nc(NCCCc3c(C)noc3C)sc2n1. The van der Waals surface area contributed by atoms with Crippen molar-refractivity contribution in [2.75, 3.05) is 11.9 Å². The lowest BCUT2D eigenvalue weighted by Gasteiger charge is -2.01. The number of nitrogens with one attached hydrogen (secondary N) is 1. The van der Waals surface area contributed by atoms with Crippen molar-refractivity contribution in [1.82, 2.24) is 19.8 Å². The van der Waals surface area contributed by atoms with E-state index in [0.29, 0.717) is 10.1 Å². The minimum Gasteiger partial charge on any atom is -0.361 e. The van der Waals surface area contributed by atoms with Crippen LogP contribution in [0.5, 0.6) is 0 Å². The number of rotatable bonds is 7. The molecular formula is C16H21N5O2S. The van der Waals surface area contributed by atoms with Crippen LogP contribution < -0.4 is 10.9 Å². The molecule has 3 rings (SSSR count). The van der Waals surface area contributed by atoms with Crippen LogP contribution in [0.3, 0.4) is 0 Å². The van der Waals surface area contributed by atoms with Gasteiger partial charge >= 0.3 is 0 Å². The highest BCUT2D eigenvalue weighted by Gasteiger charge is 2.10. The van der Waals surface area contributed by atoms with Gasteiger partial charge in [0.2, 0.25) is 10.1 Å². The van der Waals surface area contributed by atoms with E-state index in [9.17, 15) is 4.79 Å². The van der Waals surface area contributed by atoms with Crippen LogP contribution in [0, 0.1) is 13.8 Å². The maximum absolute atomic E-state index is 12.1. The molecule has 0 fully saturated rings. The Hall–Kier alpha value is -2.22. The zero-order valence-electron chi connectivity index (χ0n) is 14.1. The van der Waals surface area contributed by atoms with E-state index >= 15 is 0 Å². The number of fused-ring (bicyclic) bond motifs is 1. The van der Waals surface area contributed by atoms with Gasteiger partial charge in [0.05, 0.1) is 5.69 Å². The fraction of sp³-hybridized carbons (Fsp3) is 0.500. The normalized spacial score (nSPS) is 11.3. The van der Waals surface area contributed by atoms with Gasteiger partial charge in [0.25, 0.3) is 5.56 Å². The summed E-state index contributed by atoms with van der Waals surface area (Å²) < 4.78 is 6.53. The number of anilines is 1. The van der Waals surface area contributed by atoms with Gasteiger partial charge in [-0.1, -0.05) is 29.8 Å². The molecule has 0 atom stereocenters. The number of aryl methyl sites for hydroxylation is 3. The molecule has 1 N–H and O–H groups in total. The molecule has 24 heavy (non-hydrogen) atoms. The van der Waals surface area contributed by atoms with Gasteiger partial charge < -0.3 is 9.84 Å². The van der Waals surface area contributed by atoms with Gasteiger partial charge in [-0.15, -0.1) is 5.10 Å². The maximum atomic E-state index is 12.1. The fourth-order valence-corrected chi connectivity index (χ4v) is 3.48. The Morgan fingerprint density at radius 1 is 1.33 bits per heavy atom. The van der Waals surface area contributed by atoms with Gasteiger partial charge in [-0.25, -0.2) is 4.98 Å². The highest BCUT2D eigenvalue weighted by molar-refractivity contribution is 7.20. The van der Waals surface area contributed by atoms with Crippen molar-refractivity contribution in [3.8, 4) is 0 Å². The second-order valence-electron chi connectivity index (χ2n) is 5.77. The molecule has 0 unspecified atom stereocenters. The Bertz CT molecular complexity index is 876. The fourth-order valence-electron chi connectivity index (χ4n) is 2.63. The van der Waals surface area contributed by atoms with Crippen LogP contribution in [0.1, 0.15) is 42.5 Å². The van der Waals surface area contributed by atoms with Crippen LogP contribution in [-0.2, 0) is 12.8 Å². The highest BCUT2D eigenvalue weighted by Crippen LogP contribution is 2.18. The van der Waals surface area contributed by atoms with E-state index in [1.165, 1.54) is 21.4 Å². The Balaban J connectivity index is 1.63. The molecule has 0 saturated heterocycles. The summed E-state index contributed by atoms with van der Waals surface area (Å²) >= 11 is 1.40. The van der Waals surface area contributed by atoms with Gasteiger partial charge in [0.15, 0.2) is 0 Å². The van der Waals surface area contributed by atoms with Crippen molar-refractivity contribution in [3.05, 3.63) is 39.1 Å². The van der Waals surface area contributed by atoms with E-state index in [-0.39, 0.29) is 5.56 Å². The summed E-state index contributed by atoms with van der Waals surface area (Å²) in [6, 6.07) is 1.57. The quantitative estimate of drug-likeness (QED) is 0.662. The summed E-state index contributed by atoms with van der Waals surface area (Å²) in [5.41, 5.74) is 2.83. The molecule has 8 heteroatoms. The molecule has 0 spiro atoms. The van der Waals surface area contributed by atoms with E-state index in [0.717, 1.165) is 49.4 Å². The zero-order chi connectivity index (χ0) is 17.1. The van der Waals surface area contributed by atoms with Crippen LogP contribution in [0.15, 0.2) is 15.4 Å². The average Bonchev–Trinajstić information content (AvgIpc) is 3.09. The van der Waals surface area contributed by atoms with Gasteiger partial charge in [0.1, 0.15) is 5.76 Å². The Morgan fingerprint density at radius 3 is 2.88 bits per heavy atom.